The number of thioether (sulfide) groups is 1. The Kier molecular flexibility index (Phi) is 5.19. The van der Waals surface area contributed by atoms with Gasteiger partial charge in [-0.05, 0) is 31.4 Å². The highest BCUT2D eigenvalue weighted by atomic mass is 79.9. The van der Waals surface area contributed by atoms with Gasteiger partial charge in [0.25, 0.3) is 0 Å². The molecule has 88 valence electrons. The molecule has 4 nitrogen and oxygen atoms in total. The second kappa shape index (κ2) is 6.42. The van der Waals surface area contributed by atoms with Crippen LogP contribution in [0.4, 0.5) is 5.69 Å². The molecule has 0 fully saturated rings. The number of nitrogens with zero attached hydrogens (tertiary/aromatic N) is 2. The van der Waals surface area contributed by atoms with Crippen molar-refractivity contribution < 1.29 is 4.79 Å². The molecule has 1 aromatic carbocycles. The van der Waals surface area contributed by atoms with Crippen molar-refractivity contribution in [2.24, 2.45) is 4.99 Å². The van der Waals surface area contributed by atoms with Crippen LogP contribution in [0.1, 0.15) is 17.3 Å². The van der Waals surface area contributed by atoms with Crippen molar-refractivity contribution in [2.45, 2.75) is 6.92 Å². The van der Waals surface area contributed by atoms with Gasteiger partial charge in [0.1, 0.15) is 0 Å². The first-order chi connectivity index (χ1) is 8.08. The normalized spacial score (nSPS) is 10.8. The molecule has 0 bridgehead atoms. The molecule has 0 saturated carbocycles. The number of rotatable bonds is 2. The van der Waals surface area contributed by atoms with E-state index in [4.69, 9.17) is 5.26 Å². The first kappa shape index (κ1) is 13.7. The van der Waals surface area contributed by atoms with E-state index in [0.29, 0.717) is 16.4 Å². The Balaban J connectivity index is 3.22. The predicted molar refractivity (Wildman–Crippen MR) is 73.5 cm³/mol. The van der Waals surface area contributed by atoms with Gasteiger partial charge in [0, 0.05) is 10.0 Å². The van der Waals surface area contributed by atoms with Gasteiger partial charge in [-0.3, -0.25) is 10.1 Å². The summed E-state index contributed by atoms with van der Waals surface area (Å²) in [6.07, 6.45) is 3.60. The lowest BCUT2D eigenvalue weighted by atomic mass is 10.1. The number of ketones is 1. The molecule has 0 atom stereocenters. The highest BCUT2D eigenvalue weighted by Crippen LogP contribution is 2.24. The van der Waals surface area contributed by atoms with Crippen LogP contribution in [0.2, 0.25) is 0 Å². The summed E-state index contributed by atoms with van der Waals surface area (Å²) in [6, 6.07) is 5.25. The number of hydrogen-bond acceptors (Lipinski definition) is 4. The fourth-order valence-electron chi connectivity index (χ4n) is 1.17. The Labute approximate surface area is 112 Å². The molecule has 1 aromatic rings. The topological polar surface area (TPSA) is 65.2 Å². The average molecular weight is 312 g/mol. The molecule has 0 saturated heterocycles. The summed E-state index contributed by atoms with van der Waals surface area (Å²) in [7, 11) is 0. The van der Waals surface area contributed by atoms with Gasteiger partial charge in [0.2, 0.25) is 0 Å². The van der Waals surface area contributed by atoms with Crippen molar-refractivity contribution >= 4 is 44.3 Å². The molecule has 0 aliphatic heterocycles. The number of amidine groups is 1. The largest absolute Gasteiger partial charge is 0.294 e. The summed E-state index contributed by atoms with van der Waals surface area (Å²) in [6.45, 7) is 1.48. The van der Waals surface area contributed by atoms with Crippen molar-refractivity contribution in [3.63, 3.8) is 0 Å². The maximum Gasteiger partial charge on any atom is 0.183 e. The van der Waals surface area contributed by atoms with Crippen LogP contribution in [0.3, 0.4) is 0 Å². The number of carbonyl (C=O) groups is 1. The van der Waals surface area contributed by atoms with Crippen molar-refractivity contribution in [3.05, 3.63) is 28.2 Å². The number of hydrogen-bond donors (Lipinski definition) is 1. The third-order valence-corrected chi connectivity index (χ3v) is 2.99. The second-order valence-corrected chi connectivity index (χ2v) is 4.79. The second-order valence-electron chi connectivity index (χ2n) is 3.08. The summed E-state index contributed by atoms with van der Waals surface area (Å²) in [5, 5.41) is 11.5. The van der Waals surface area contributed by atoms with Crippen LogP contribution < -0.4 is 5.32 Å². The number of carbonyl (C=O) groups excluding carboxylic acids is 1. The monoisotopic (exact) mass is 311 g/mol. The molecule has 17 heavy (non-hydrogen) atoms. The summed E-state index contributed by atoms with van der Waals surface area (Å²) >= 11 is 4.61. The Morgan fingerprint density at radius 3 is 2.82 bits per heavy atom. The number of halogens is 1. The maximum absolute atomic E-state index is 11.5. The van der Waals surface area contributed by atoms with Gasteiger partial charge in [0.15, 0.2) is 17.1 Å². The van der Waals surface area contributed by atoms with Gasteiger partial charge in [0.05, 0.1) is 5.69 Å². The minimum Gasteiger partial charge on any atom is -0.294 e. The third-order valence-electron chi connectivity index (χ3n) is 1.92. The van der Waals surface area contributed by atoms with Crippen molar-refractivity contribution in [1.29, 1.82) is 5.26 Å². The zero-order valence-electron chi connectivity index (χ0n) is 9.32. The standard InChI is InChI=1S/C11H10BrN3OS/c1-7(16)9-5-8(12)3-4-10(9)15-11(17-2)14-6-13/h3-5H,1-2H3,(H,14,15). The van der Waals surface area contributed by atoms with Crippen LogP contribution in [0, 0.1) is 11.5 Å². The average Bonchev–Trinajstić information content (AvgIpc) is 2.30. The molecule has 0 spiro atoms. The highest BCUT2D eigenvalue weighted by Gasteiger charge is 2.08. The molecule has 0 radical (unpaired) electrons. The van der Waals surface area contributed by atoms with Gasteiger partial charge in [-0.1, -0.05) is 27.7 Å². The van der Waals surface area contributed by atoms with Crippen LogP contribution in [0.5, 0.6) is 0 Å². The smallest absolute Gasteiger partial charge is 0.183 e. The molecule has 1 rings (SSSR count). The van der Waals surface area contributed by atoms with Crippen molar-refractivity contribution in [1.82, 2.24) is 5.32 Å². The van der Waals surface area contributed by atoms with Gasteiger partial charge < -0.3 is 0 Å². The summed E-state index contributed by atoms with van der Waals surface area (Å²) in [5.41, 5.74) is 1.07. The quantitative estimate of drug-likeness (QED) is 0.300. The number of nitriles is 1. The van der Waals surface area contributed by atoms with E-state index in [1.165, 1.54) is 18.7 Å². The molecule has 1 N–H and O–H groups in total. The molecular weight excluding hydrogens is 302 g/mol. The maximum atomic E-state index is 11.5. The molecule has 0 aliphatic carbocycles. The third kappa shape index (κ3) is 3.88. The molecule has 0 unspecified atom stereocenters. The lowest BCUT2D eigenvalue weighted by Crippen LogP contribution is -2.12. The van der Waals surface area contributed by atoms with Gasteiger partial charge in [-0.25, -0.2) is 4.99 Å². The number of nitrogens with one attached hydrogen (secondary N) is 1. The van der Waals surface area contributed by atoms with Crippen molar-refractivity contribution in [2.75, 3.05) is 6.26 Å². The first-order valence-corrected chi connectivity index (χ1v) is 6.68. The van der Waals surface area contributed by atoms with Crippen LogP contribution in [0.15, 0.2) is 27.7 Å². The minimum atomic E-state index is -0.0672. The molecule has 0 aliphatic rings. The van der Waals surface area contributed by atoms with Gasteiger partial charge >= 0.3 is 0 Å². The zero-order valence-corrected chi connectivity index (χ0v) is 11.7. The summed E-state index contributed by atoms with van der Waals surface area (Å²) < 4.78 is 0.820. The van der Waals surface area contributed by atoms with E-state index in [0.717, 1.165) is 4.47 Å². The Hall–Kier alpha value is -1.32. The number of Topliss-reactive ketones (excluding diaryl/α,β-unsaturated/α-hetero) is 1. The zero-order chi connectivity index (χ0) is 12.8. The van der Waals surface area contributed by atoms with Gasteiger partial charge in [-0.15, -0.1) is 0 Å². The summed E-state index contributed by atoms with van der Waals surface area (Å²) in [4.78, 5) is 15.7. The SMILES string of the molecule is CSC(=Nc1ccc(Br)cc1C(C)=O)NC#N. The van der Waals surface area contributed by atoms with Crippen molar-refractivity contribution in [3.8, 4) is 6.19 Å². The Bertz CT molecular complexity index is 508. The van der Waals surface area contributed by atoms with E-state index in [9.17, 15) is 4.79 Å². The fourth-order valence-corrected chi connectivity index (χ4v) is 1.87. The first-order valence-electron chi connectivity index (χ1n) is 4.66. The molecule has 0 amide bonds. The molecule has 0 heterocycles. The van der Waals surface area contributed by atoms with Crippen LogP contribution in [-0.4, -0.2) is 17.2 Å². The van der Waals surface area contributed by atoms with E-state index in [1.807, 2.05) is 0 Å². The minimum absolute atomic E-state index is 0.0672. The molecular formula is C11H10BrN3OS. The van der Waals surface area contributed by atoms with E-state index in [2.05, 4.69) is 26.2 Å². The lowest BCUT2D eigenvalue weighted by Gasteiger charge is -2.04. The Morgan fingerprint density at radius 1 is 1.59 bits per heavy atom. The van der Waals surface area contributed by atoms with E-state index < -0.39 is 0 Å². The van der Waals surface area contributed by atoms with E-state index in [-0.39, 0.29) is 5.78 Å². The number of benzene rings is 1. The highest BCUT2D eigenvalue weighted by molar-refractivity contribution is 9.10. The molecule has 6 heteroatoms. The Morgan fingerprint density at radius 2 is 2.29 bits per heavy atom. The number of aliphatic imine (C=N–C) groups is 1. The van der Waals surface area contributed by atoms with Crippen LogP contribution in [0.25, 0.3) is 0 Å². The van der Waals surface area contributed by atoms with E-state index >= 15 is 0 Å². The predicted octanol–water partition coefficient (Wildman–Crippen LogP) is 3.07. The van der Waals surface area contributed by atoms with E-state index in [1.54, 1.807) is 30.6 Å². The summed E-state index contributed by atoms with van der Waals surface area (Å²) in [5.74, 6) is -0.0672. The van der Waals surface area contributed by atoms with Crippen LogP contribution >= 0.6 is 27.7 Å². The lowest BCUT2D eigenvalue weighted by molar-refractivity contribution is 0.101. The fraction of sp³-hybridized carbons (Fsp3) is 0.182. The van der Waals surface area contributed by atoms with Gasteiger partial charge in [-0.2, -0.15) is 5.26 Å². The van der Waals surface area contributed by atoms with Crippen LogP contribution in [-0.2, 0) is 0 Å². The molecule has 0 aromatic heterocycles.